The van der Waals surface area contributed by atoms with E-state index < -0.39 is 0 Å². The Hall–Kier alpha value is -2.04. The minimum atomic E-state index is -0.331. The number of benzene rings is 1. The molecule has 0 bridgehead atoms. The molecule has 1 aromatic carbocycles. The van der Waals surface area contributed by atoms with Crippen LogP contribution in [0.1, 0.15) is 6.92 Å². The zero-order valence-corrected chi connectivity index (χ0v) is 8.27. The standard InChI is InChI=1S/C10H11N3O2/c1-7-6-13(10(15)12-11-7)8-4-2-3-5-9(8)14/h2-5,14H,6H2,1H3,(H,12,15). The number of phenols is 1. The maximum Gasteiger partial charge on any atom is 0.342 e. The summed E-state index contributed by atoms with van der Waals surface area (Å²) in [7, 11) is 0. The van der Waals surface area contributed by atoms with Crippen LogP contribution in [-0.4, -0.2) is 23.4 Å². The third-order valence-electron chi connectivity index (χ3n) is 2.15. The largest absolute Gasteiger partial charge is 0.506 e. The first-order chi connectivity index (χ1) is 7.18. The predicted molar refractivity (Wildman–Crippen MR) is 57.1 cm³/mol. The Balaban J connectivity index is 2.35. The van der Waals surface area contributed by atoms with Crippen LogP contribution in [0.2, 0.25) is 0 Å². The Morgan fingerprint density at radius 2 is 2.20 bits per heavy atom. The topological polar surface area (TPSA) is 64.9 Å². The lowest BCUT2D eigenvalue weighted by molar-refractivity contribution is 0.246. The molecule has 0 saturated carbocycles. The first-order valence-corrected chi connectivity index (χ1v) is 4.57. The van der Waals surface area contributed by atoms with Crippen molar-refractivity contribution in [2.45, 2.75) is 6.92 Å². The van der Waals surface area contributed by atoms with Gasteiger partial charge < -0.3 is 5.11 Å². The molecule has 2 rings (SSSR count). The second-order valence-corrected chi connectivity index (χ2v) is 3.34. The quantitative estimate of drug-likeness (QED) is 0.725. The minimum Gasteiger partial charge on any atom is -0.506 e. The van der Waals surface area contributed by atoms with E-state index in [0.717, 1.165) is 5.71 Å². The molecule has 1 aliphatic heterocycles. The predicted octanol–water partition coefficient (Wildman–Crippen LogP) is 1.30. The van der Waals surface area contributed by atoms with Gasteiger partial charge in [0.15, 0.2) is 0 Å². The lowest BCUT2D eigenvalue weighted by Gasteiger charge is -2.25. The Labute approximate surface area is 87.0 Å². The van der Waals surface area contributed by atoms with Crippen molar-refractivity contribution in [3.05, 3.63) is 24.3 Å². The number of nitrogens with one attached hydrogen (secondary N) is 1. The van der Waals surface area contributed by atoms with Crippen molar-refractivity contribution in [2.75, 3.05) is 11.4 Å². The van der Waals surface area contributed by atoms with Gasteiger partial charge >= 0.3 is 6.03 Å². The van der Waals surface area contributed by atoms with Crippen molar-refractivity contribution < 1.29 is 9.90 Å². The minimum absolute atomic E-state index is 0.0855. The molecular weight excluding hydrogens is 194 g/mol. The van der Waals surface area contributed by atoms with Crippen molar-refractivity contribution in [3.8, 4) is 5.75 Å². The van der Waals surface area contributed by atoms with Gasteiger partial charge in [0.2, 0.25) is 0 Å². The first-order valence-electron chi connectivity index (χ1n) is 4.57. The van der Waals surface area contributed by atoms with Crippen molar-refractivity contribution in [3.63, 3.8) is 0 Å². The number of amides is 2. The lowest BCUT2D eigenvalue weighted by Crippen LogP contribution is -2.45. The number of anilines is 1. The third kappa shape index (κ3) is 1.76. The number of carbonyl (C=O) groups excluding carboxylic acids is 1. The van der Waals surface area contributed by atoms with Crippen LogP contribution in [0.5, 0.6) is 5.75 Å². The number of phenolic OH excluding ortho intramolecular Hbond substituents is 1. The summed E-state index contributed by atoms with van der Waals surface area (Å²) in [6.45, 7) is 2.20. The molecule has 0 fully saturated rings. The van der Waals surface area contributed by atoms with E-state index in [4.69, 9.17) is 0 Å². The van der Waals surface area contributed by atoms with Gasteiger partial charge in [-0.2, -0.15) is 5.10 Å². The van der Waals surface area contributed by atoms with Crippen LogP contribution < -0.4 is 10.3 Å². The van der Waals surface area contributed by atoms with Crippen LogP contribution in [0.3, 0.4) is 0 Å². The number of nitrogens with zero attached hydrogens (tertiary/aromatic N) is 2. The van der Waals surface area contributed by atoms with Gasteiger partial charge in [0.1, 0.15) is 5.75 Å². The molecule has 78 valence electrons. The summed E-state index contributed by atoms with van der Waals surface area (Å²) in [5, 5.41) is 13.4. The summed E-state index contributed by atoms with van der Waals surface area (Å²) >= 11 is 0. The summed E-state index contributed by atoms with van der Waals surface area (Å²) < 4.78 is 0. The van der Waals surface area contributed by atoms with Gasteiger partial charge in [0.05, 0.1) is 17.9 Å². The van der Waals surface area contributed by atoms with Gasteiger partial charge in [-0.1, -0.05) is 12.1 Å². The summed E-state index contributed by atoms with van der Waals surface area (Å²) in [6.07, 6.45) is 0. The molecule has 1 heterocycles. The first kappa shape index (κ1) is 9.51. The Morgan fingerprint density at radius 1 is 1.47 bits per heavy atom. The fourth-order valence-electron chi connectivity index (χ4n) is 1.43. The highest BCUT2D eigenvalue weighted by molar-refractivity contribution is 6.03. The molecule has 15 heavy (non-hydrogen) atoms. The molecule has 0 radical (unpaired) electrons. The molecule has 2 N–H and O–H groups in total. The van der Waals surface area contributed by atoms with Crippen molar-refractivity contribution in [1.82, 2.24) is 5.43 Å². The van der Waals surface area contributed by atoms with Crippen LogP contribution in [0.4, 0.5) is 10.5 Å². The molecule has 0 spiro atoms. The average molecular weight is 205 g/mol. The van der Waals surface area contributed by atoms with Crippen molar-refractivity contribution in [2.24, 2.45) is 5.10 Å². The molecule has 0 aliphatic carbocycles. The van der Waals surface area contributed by atoms with Crippen LogP contribution in [0, 0.1) is 0 Å². The molecule has 1 aromatic rings. The van der Waals surface area contributed by atoms with Crippen LogP contribution >= 0.6 is 0 Å². The number of rotatable bonds is 1. The number of hydrogen-bond acceptors (Lipinski definition) is 3. The molecule has 0 saturated heterocycles. The monoisotopic (exact) mass is 205 g/mol. The molecule has 0 unspecified atom stereocenters. The normalized spacial score (nSPS) is 15.9. The molecule has 1 aliphatic rings. The number of hydrogen-bond donors (Lipinski definition) is 2. The van der Waals surface area contributed by atoms with Gasteiger partial charge in [-0.05, 0) is 19.1 Å². The fraction of sp³-hybridized carbons (Fsp3) is 0.200. The van der Waals surface area contributed by atoms with Crippen LogP contribution in [0.15, 0.2) is 29.4 Å². The second kappa shape index (κ2) is 3.61. The lowest BCUT2D eigenvalue weighted by atomic mass is 10.2. The van der Waals surface area contributed by atoms with E-state index in [-0.39, 0.29) is 11.8 Å². The second-order valence-electron chi connectivity index (χ2n) is 3.34. The molecule has 5 heteroatoms. The maximum absolute atomic E-state index is 11.5. The summed E-state index contributed by atoms with van der Waals surface area (Å²) in [6, 6.07) is 6.38. The molecule has 2 amide bonds. The Bertz CT molecular complexity index is 428. The summed E-state index contributed by atoms with van der Waals surface area (Å²) in [4.78, 5) is 12.9. The summed E-state index contributed by atoms with van der Waals surface area (Å²) in [5.74, 6) is 0.0855. The van der Waals surface area contributed by atoms with Gasteiger partial charge in [-0.15, -0.1) is 0 Å². The van der Waals surface area contributed by atoms with E-state index in [9.17, 15) is 9.90 Å². The smallest absolute Gasteiger partial charge is 0.342 e. The van der Waals surface area contributed by atoms with Crippen molar-refractivity contribution >= 4 is 17.4 Å². The third-order valence-corrected chi connectivity index (χ3v) is 2.15. The average Bonchev–Trinajstić information content (AvgIpc) is 2.23. The van der Waals surface area contributed by atoms with Gasteiger partial charge in [-0.25, -0.2) is 10.2 Å². The van der Waals surface area contributed by atoms with Gasteiger partial charge in [0.25, 0.3) is 0 Å². The number of carbonyl (C=O) groups is 1. The van der Waals surface area contributed by atoms with E-state index in [0.29, 0.717) is 12.2 Å². The number of urea groups is 1. The van der Waals surface area contributed by atoms with Gasteiger partial charge in [-0.3, -0.25) is 4.90 Å². The van der Waals surface area contributed by atoms with E-state index in [1.54, 1.807) is 24.3 Å². The van der Waals surface area contributed by atoms with Crippen LogP contribution in [-0.2, 0) is 0 Å². The summed E-state index contributed by atoms with van der Waals surface area (Å²) in [5.41, 5.74) is 3.65. The molecule has 5 nitrogen and oxygen atoms in total. The number of aromatic hydroxyl groups is 1. The zero-order chi connectivity index (χ0) is 10.8. The maximum atomic E-state index is 11.5. The highest BCUT2D eigenvalue weighted by Gasteiger charge is 2.22. The number of para-hydroxylation sites is 2. The molecule has 0 aromatic heterocycles. The van der Waals surface area contributed by atoms with Crippen LogP contribution in [0.25, 0.3) is 0 Å². The highest BCUT2D eigenvalue weighted by atomic mass is 16.3. The van der Waals surface area contributed by atoms with E-state index >= 15 is 0 Å². The molecular formula is C10H11N3O2. The zero-order valence-electron chi connectivity index (χ0n) is 8.27. The highest BCUT2D eigenvalue weighted by Crippen LogP contribution is 2.26. The van der Waals surface area contributed by atoms with Gasteiger partial charge in [0, 0.05) is 0 Å². The van der Waals surface area contributed by atoms with E-state index in [1.807, 2.05) is 6.92 Å². The van der Waals surface area contributed by atoms with Crippen molar-refractivity contribution in [1.29, 1.82) is 0 Å². The Kier molecular flexibility index (Phi) is 2.29. The van der Waals surface area contributed by atoms with E-state index in [1.165, 1.54) is 4.90 Å². The Morgan fingerprint density at radius 3 is 2.93 bits per heavy atom. The fourth-order valence-corrected chi connectivity index (χ4v) is 1.43. The SMILES string of the molecule is CC1=NNC(=O)N(c2ccccc2O)C1. The number of hydrazone groups is 1. The molecule has 0 atom stereocenters. The van der Waals surface area contributed by atoms with E-state index in [2.05, 4.69) is 10.5 Å².